The largest absolute Gasteiger partial charge is 0.388 e. The molecule has 0 aliphatic heterocycles. The third kappa shape index (κ3) is 2.53. The SMILES string of the molecule is C/C=C(\C)C(O)C(C)(C)C. The summed E-state index contributed by atoms with van der Waals surface area (Å²) in [6.45, 7) is 10.0. The van der Waals surface area contributed by atoms with Gasteiger partial charge in [0.1, 0.15) is 0 Å². The normalized spacial score (nSPS) is 17.2. The predicted octanol–water partition coefficient (Wildman–Crippen LogP) is 2.36. The van der Waals surface area contributed by atoms with Gasteiger partial charge in [0.25, 0.3) is 0 Å². The van der Waals surface area contributed by atoms with Crippen molar-refractivity contribution in [2.24, 2.45) is 5.41 Å². The van der Waals surface area contributed by atoms with Crippen molar-refractivity contribution < 1.29 is 5.11 Å². The van der Waals surface area contributed by atoms with E-state index in [2.05, 4.69) is 0 Å². The first-order chi connectivity index (χ1) is 4.39. The van der Waals surface area contributed by atoms with Crippen molar-refractivity contribution in [3.05, 3.63) is 11.6 Å². The van der Waals surface area contributed by atoms with Gasteiger partial charge in [0.15, 0.2) is 0 Å². The molecule has 0 amide bonds. The first-order valence-electron chi connectivity index (χ1n) is 3.70. The molecule has 0 aromatic carbocycles. The summed E-state index contributed by atoms with van der Waals surface area (Å²) in [5.74, 6) is 0. The van der Waals surface area contributed by atoms with E-state index in [0.29, 0.717) is 0 Å². The minimum atomic E-state index is -0.308. The van der Waals surface area contributed by atoms with Crippen LogP contribution in [-0.2, 0) is 0 Å². The Morgan fingerprint density at radius 3 is 1.90 bits per heavy atom. The lowest BCUT2D eigenvalue weighted by Gasteiger charge is -2.26. The molecule has 10 heavy (non-hydrogen) atoms. The third-order valence-electron chi connectivity index (χ3n) is 1.71. The maximum absolute atomic E-state index is 9.59. The summed E-state index contributed by atoms with van der Waals surface area (Å²) < 4.78 is 0. The lowest BCUT2D eigenvalue weighted by Crippen LogP contribution is -2.26. The van der Waals surface area contributed by atoms with E-state index in [4.69, 9.17) is 0 Å². The van der Waals surface area contributed by atoms with Crippen molar-refractivity contribution in [3.8, 4) is 0 Å². The standard InChI is InChI=1S/C9H18O/c1-6-7(2)8(10)9(3,4)5/h6,8,10H,1-5H3/b7-6+. The number of allylic oxidation sites excluding steroid dienone is 1. The zero-order valence-corrected chi connectivity index (χ0v) is 7.60. The predicted molar refractivity (Wildman–Crippen MR) is 44.9 cm³/mol. The highest BCUT2D eigenvalue weighted by molar-refractivity contribution is 5.06. The van der Waals surface area contributed by atoms with Crippen LogP contribution in [0.3, 0.4) is 0 Å². The van der Waals surface area contributed by atoms with E-state index in [1.165, 1.54) is 0 Å². The second kappa shape index (κ2) is 3.20. The Kier molecular flexibility index (Phi) is 3.10. The Balaban J connectivity index is 4.23. The van der Waals surface area contributed by atoms with Crippen LogP contribution in [0.25, 0.3) is 0 Å². The Labute approximate surface area is 63.8 Å². The fraction of sp³-hybridized carbons (Fsp3) is 0.778. The van der Waals surface area contributed by atoms with Crippen molar-refractivity contribution in [2.45, 2.75) is 40.7 Å². The van der Waals surface area contributed by atoms with Gasteiger partial charge in [-0.15, -0.1) is 0 Å². The molecule has 0 aliphatic rings. The molecule has 1 heteroatoms. The lowest BCUT2D eigenvalue weighted by molar-refractivity contribution is 0.0948. The molecule has 1 atom stereocenters. The average molecular weight is 142 g/mol. The zero-order valence-electron chi connectivity index (χ0n) is 7.60. The van der Waals surface area contributed by atoms with Crippen molar-refractivity contribution in [1.29, 1.82) is 0 Å². The molecule has 0 aromatic heterocycles. The number of aliphatic hydroxyl groups excluding tert-OH is 1. The summed E-state index contributed by atoms with van der Waals surface area (Å²) >= 11 is 0. The van der Waals surface area contributed by atoms with Crippen LogP contribution in [0.15, 0.2) is 11.6 Å². The first kappa shape index (κ1) is 9.70. The minimum Gasteiger partial charge on any atom is -0.388 e. The van der Waals surface area contributed by atoms with Gasteiger partial charge in [-0.2, -0.15) is 0 Å². The molecule has 1 N–H and O–H groups in total. The van der Waals surface area contributed by atoms with Crippen LogP contribution in [0, 0.1) is 5.41 Å². The second-order valence-electron chi connectivity index (χ2n) is 3.80. The highest BCUT2D eigenvalue weighted by Gasteiger charge is 2.22. The molecular formula is C9H18O. The van der Waals surface area contributed by atoms with E-state index in [9.17, 15) is 5.11 Å². The van der Waals surface area contributed by atoms with Gasteiger partial charge < -0.3 is 5.11 Å². The van der Waals surface area contributed by atoms with Crippen molar-refractivity contribution in [1.82, 2.24) is 0 Å². The van der Waals surface area contributed by atoms with Gasteiger partial charge in [-0.05, 0) is 24.8 Å². The van der Waals surface area contributed by atoms with Crippen LogP contribution in [-0.4, -0.2) is 11.2 Å². The van der Waals surface area contributed by atoms with Crippen LogP contribution < -0.4 is 0 Å². The average Bonchev–Trinajstić information content (AvgIpc) is 1.83. The molecule has 0 saturated heterocycles. The summed E-state index contributed by atoms with van der Waals surface area (Å²) in [6.07, 6.45) is 1.65. The number of rotatable bonds is 1. The van der Waals surface area contributed by atoms with Crippen LogP contribution in [0.2, 0.25) is 0 Å². The van der Waals surface area contributed by atoms with Gasteiger partial charge in [0.05, 0.1) is 6.10 Å². The van der Waals surface area contributed by atoms with Crippen molar-refractivity contribution in [2.75, 3.05) is 0 Å². The van der Waals surface area contributed by atoms with E-state index in [1.807, 2.05) is 40.7 Å². The third-order valence-corrected chi connectivity index (χ3v) is 1.71. The van der Waals surface area contributed by atoms with Gasteiger partial charge in [-0.25, -0.2) is 0 Å². The topological polar surface area (TPSA) is 20.2 Å². The summed E-state index contributed by atoms with van der Waals surface area (Å²) in [5.41, 5.74) is 1.02. The Bertz CT molecular complexity index is 128. The van der Waals surface area contributed by atoms with Crippen LogP contribution in [0.5, 0.6) is 0 Å². The maximum atomic E-state index is 9.59. The summed E-state index contributed by atoms with van der Waals surface area (Å²) in [5, 5.41) is 9.59. The molecular weight excluding hydrogens is 124 g/mol. The first-order valence-corrected chi connectivity index (χ1v) is 3.70. The highest BCUT2D eigenvalue weighted by atomic mass is 16.3. The number of hydrogen-bond acceptors (Lipinski definition) is 1. The Morgan fingerprint density at radius 2 is 1.80 bits per heavy atom. The Morgan fingerprint density at radius 1 is 1.40 bits per heavy atom. The number of hydrogen-bond donors (Lipinski definition) is 1. The zero-order chi connectivity index (χ0) is 8.36. The maximum Gasteiger partial charge on any atom is 0.0795 e. The molecule has 1 nitrogen and oxygen atoms in total. The van der Waals surface area contributed by atoms with Crippen LogP contribution >= 0.6 is 0 Å². The molecule has 0 radical (unpaired) electrons. The van der Waals surface area contributed by atoms with Crippen LogP contribution in [0.4, 0.5) is 0 Å². The summed E-state index contributed by atoms with van der Waals surface area (Å²) in [7, 11) is 0. The van der Waals surface area contributed by atoms with Crippen LogP contribution in [0.1, 0.15) is 34.6 Å². The Hall–Kier alpha value is -0.300. The van der Waals surface area contributed by atoms with E-state index in [0.717, 1.165) is 5.57 Å². The minimum absolute atomic E-state index is 0.0312. The molecule has 1 unspecified atom stereocenters. The summed E-state index contributed by atoms with van der Waals surface area (Å²) in [6, 6.07) is 0. The molecule has 0 bridgehead atoms. The fourth-order valence-electron chi connectivity index (χ4n) is 0.841. The fourth-order valence-corrected chi connectivity index (χ4v) is 0.841. The van der Waals surface area contributed by atoms with Gasteiger partial charge in [0.2, 0.25) is 0 Å². The molecule has 0 aromatic rings. The smallest absolute Gasteiger partial charge is 0.0795 e. The molecule has 0 heterocycles. The quantitative estimate of drug-likeness (QED) is 0.557. The second-order valence-corrected chi connectivity index (χ2v) is 3.80. The number of aliphatic hydroxyl groups is 1. The molecule has 0 spiro atoms. The monoisotopic (exact) mass is 142 g/mol. The molecule has 0 aliphatic carbocycles. The van der Waals surface area contributed by atoms with E-state index in [1.54, 1.807) is 0 Å². The van der Waals surface area contributed by atoms with Gasteiger partial charge in [-0.1, -0.05) is 26.8 Å². The summed E-state index contributed by atoms with van der Waals surface area (Å²) in [4.78, 5) is 0. The highest BCUT2D eigenvalue weighted by Crippen LogP contribution is 2.24. The van der Waals surface area contributed by atoms with Crippen molar-refractivity contribution in [3.63, 3.8) is 0 Å². The van der Waals surface area contributed by atoms with E-state index in [-0.39, 0.29) is 11.5 Å². The molecule has 0 fully saturated rings. The molecule has 0 saturated carbocycles. The van der Waals surface area contributed by atoms with E-state index < -0.39 is 0 Å². The van der Waals surface area contributed by atoms with E-state index >= 15 is 0 Å². The van der Waals surface area contributed by atoms with Crippen molar-refractivity contribution >= 4 is 0 Å². The van der Waals surface area contributed by atoms with Gasteiger partial charge in [0, 0.05) is 0 Å². The molecule has 0 rings (SSSR count). The van der Waals surface area contributed by atoms with Gasteiger partial charge in [-0.3, -0.25) is 0 Å². The van der Waals surface area contributed by atoms with Gasteiger partial charge >= 0.3 is 0 Å². The lowest BCUT2D eigenvalue weighted by atomic mass is 9.85. The molecule has 60 valence electrons.